The summed E-state index contributed by atoms with van der Waals surface area (Å²) in [7, 11) is 1.72. The molecule has 4 heteroatoms. The Kier molecular flexibility index (Phi) is 7.86. The van der Waals surface area contributed by atoms with Crippen molar-refractivity contribution in [3.05, 3.63) is 72.3 Å². The number of ether oxygens (including phenoxy) is 1. The third-order valence-electron chi connectivity index (χ3n) is 3.06. The highest BCUT2D eigenvalue weighted by Gasteiger charge is 1.98. The Hall–Kier alpha value is -2.88. The molecule has 0 aliphatic carbocycles. The van der Waals surface area contributed by atoms with E-state index >= 15 is 0 Å². The first-order valence-electron chi connectivity index (χ1n) is 7.15. The molecular formula is C19H21NO3. The summed E-state index contributed by atoms with van der Waals surface area (Å²) >= 11 is 0. The molecule has 0 radical (unpaired) electrons. The first kappa shape index (κ1) is 18.2. The largest absolute Gasteiger partial charge is 0.490 e. The van der Waals surface area contributed by atoms with Gasteiger partial charge in [0.2, 0.25) is 6.41 Å². The van der Waals surface area contributed by atoms with Crippen LogP contribution in [-0.4, -0.2) is 26.4 Å². The molecule has 0 aliphatic rings. The van der Waals surface area contributed by atoms with E-state index in [2.05, 4.69) is 6.58 Å². The zero-order chi connectivity index (χ0) is 17.1. The van der Waals surface area contributed by atoms with Gasteiger partial charge in [0.25, 0.3) is 0 Å². The Bertz CT molecular complexity index is 638. The van der Waals surface area contributed by atoms with E-state index in [1.54, 1.807) is 25.3 Å². The molecule has 0 unspecified atom stereocenters. The summed E-state index contributed by atoms with van der Waals surface area (Å²) in [6.07, 6.45) is 3.31. The number of rotatable bonds is 6. The average Bonchev–Trinajstić information content (AvgIpc) is 2.60. The lowest BCUT2D eigenvalue weighted by molar-refractivity contribution is -0.107. The van der Waals surface area contributed by atoms with Crippen molar-refractivity contribution in [2.75, 3.05) is 18.6 Å². The fourth-order valence-corrected chi connectivity index (χ4v) is 1.75. The monoisotopic (exact) mass is 311 g/mol. The van der Waals surface area contributed by atoms with Gasteiger partial charge in [-0.2, -0.15) is 0 Å². The highest BCUT2D eigenvalue weighted by Crippen LogP contribution is 2.15. The number of amides is 1. The third-order valence-corrected chi connectivity index (χ3v) is 3.06. The van der Waals surface area contributed by atoms with Gasteiger partial charge in [0, 0.05) is 18.3 Å². The van der Waals surface area contributed by atoms with Crippen molar-refractivity contribution in [1.29, 1.82) is 0 Å². The SMILES string of the molecule is C=CCOc1ccc(C=O)c(C)c1.CN(C=O)c1ccccc1. The summed E-state index contributed by atoms with van der Waals surface area (Å²) in [5.74, 6) is 0.767. The second-order valence-corrected chi connectivity index (χ2v) is 4.79. The van der Waals surface area contributed by atoms with Gasteiger partial charge in [-0.1, -0.05) is 30.9 Å². The minimum atomic E-state index is 0.486. The molecule has 1 amide bonds. The first-order valence-corrected chi connectivity index (χ1v) is 7.15. The quantitative estimate of drug-likeness (QED) is 0.604. The van der Waals surface area contributed by atoms with E-state index in [1.807, 2.05) is 43.3 Å². The van der Waals surface area contributed by atoms with Crippen molar-refractivity contribution in [3.63, 3.8) is 0 Å². The van der Waals surface area contributed by atoms with Crippen LogP contribution in [0.2, 0.25) is 0 Å². The average molecular weight is 311 g/mol. The standard InChI is InChI=1S/C11H12O2.C8H9NO/c1-3-6-13-11-5-4-10(8-12)9(2)7-11;1-9(7-10)8-5-3-2-4-6-8/h3-5,7-8H,1,6H2,2H3;2-7H,1H3. The predicted molar refractivity (Wildman–Crippen MR) is 93.2 cm³/mol. The van der Waals surface area contributed by atoms with Crippen LogP contribution < -0.4 is 9.64 Å². The van der Waals surface area contributed by atoms with Crippen LogP contribution in [0.3, 0.4) is 0 Å². The summed E-state index contributed by atoms with van der Waals surface area (Å²) in [5.41, 5.74) is 2.54. The van der Waals surface area contributed by atoms with Crippen LogP contribution in [0.15, 0.2) is 61.2 Å². The summed E-state index contributed by atoms with van der Waals surface area (Å²) in [5, 5.41) is 0. The van der Waals surface area contributed by atoms with E-state index in [0.29, 0.717) is 12.2 Å². The Morgan fingerprint density at radius 2 is 1.83 bits per heavy atom. The topological polar surface area (TPSA) is 46.6 Å². The van der Waals surface area contributed by atoms with Crippen molar-refractivity contribution < 1.29 is 14.3 Å². The Balaban J connectivity index is 0.000000238. The van der Waals surface area contributed by atoms with E-state index in [1.165, 1.54) is 4.90 Å². The van der Waals surface area contributed by atoms with Crippen LogP contribution in [0.5, 0.6) is 5.75 Å². The van der Waals surface area contributed by atoms with Gasteiger partial charge in [-0.15, -0.1) is 0 Å². The molecule has 0 heterocycles. The number of anilines is 1. The van der Waals surface area contributed by atoms with Crippen LogP contribution in [0, 0.1) is 6.92 Å². The van der Waals surface area contributed by atoms with Gasteiger partial charge < -0.3 is 9.64 Å². The zero-order valence-electron chi connectivity index (χ0n) is 13.4. The first-order chi connectivity index (χ1) is 11.1. The van der Waals surface area contributed by atoms with Crippen molar-refractivity contribution in [2.24, 2.45) is 0 Å². The van der Waals surface area contributed by atoms with Crippen LogP contribution in [0.1, 0.15) is 15.9 Å². The van der Waals surface area contributed by atoms with E-state index < -0.39 is 0 Å². The molecule has 0 aromatic heterocycles. The van der Waals surface area contributed by atoms with E-state index in [-0.39, 0.29) is 0 Å². The Morgan fingerprint density at radius 1 is 1.13 bits per heavy atom. The van der Waals surface area contributed by atoms with Gasteiger partial charge in [-0.3, -0.25) is 9.59 Å². The lowest BCUT2D eigenvalue weighted by Crippen LogP contribution is -2.12. The van der Waals surface area contributed by atoms with E-state index in [9.17, 15) is 9.59 Å². The number of aryl methyl sites for hydroxylation is 1. The number of hydrogen-bond acceptors (Lipinski definition) is 3. The molecule has 0 spiro atoms. The minimum Gasteiger partial charge on any atom is -0.490 e. The summed E-state index contributed by atoms with van der Waals surface area (Å²) in [6.45, 7) is 5.92. The minimum absolute atomic E-state index is 0.486. The number of carbonyl (C=O) groups excluding carboxylic acids is 2. The zero-order valence-corrected chi connectivity index (χ0v) is 13.4. The molecule has 0 saturated carbocycles. The van der Waals surface area contributed by atoms with Gasteiger partial charge in [0.05, 0.1) is 0 Å². The van der Waals surface area contributed by atoms with Crippen molar-refractivity contribution >= 4 is 18.4 Å². The van der Waals surface area contributed by atoms with Crippen LogP contribution in [0.25, 0.3) is 0 Å². The van der Waals surface area contributed by atoms with Crippen LogP contribution in [-0.2, 0) is 4.79 Å². The van der Waals surface area contributed by atoms with Gasteiger partial charge in [-0.05, 0) is 42.8 Å². The number of hydrogen-bond donors (Lipinski definition) is 0. The predicted octanol–water partition coefficient (Wildman–Crippen LogP) is 3.65. The molecule has 0 bridgehead atoms. The van der Waals surface area contributed by atoms with Crippen molar-refractivity contribution in [2.45, 2.75) is 6.92 Å². The molecular weight excluding hydrogens is 290 g/mol. The molecule has 0 aliphatic heterocycles. The summed E-state index contributed by atoms with van der Waals surface area (Å²) in [4.78, 5) is 22.3. The number of para-hydroxylation sites is 1. The normalized spacial score (nSPS) is 9.13. The summed E-state index contributed by atoms with van der Waals surface area (Å²) in [6, 6.07) is 14.9. The highest BCUT2D eigenvalue weighted by atomic mass is 16.5. The number of aldehydes is 1. The second kappa shape index (κ2) is 9.95. The van der Waals surface area contributed by atoms with Crippen LogP contribution >= 0.6 is 0 Å². The van der Waals surface area contributed by atoms with Gasteiger partial charge in [0.1, 0.15) is 18.6 Å². The fourth-order valence-electron chi connectivity index (χ4n) is 1.75. The van der Waals surface area contributed by atoms with Gasteiger partial charge in [-0.25, -0.2) is 0 Å². The molecule has 4 nitrogen and oxygen atoms in total. The third kappa shape index (κ3) is 6.18. The highest BCUT2D eigenvalue weighted by molar-refractivity contribution is 5.77. The maximum absolute atomic E-state index is 10.5. The van der Waals surface area contributed by atoms with E-state index in [4.69, 9.17) is 4.74 Å². The lowest BCUT2D eigenvalue weighted by atomic mass is 10.1. The fraction of sp³-hybridized carbons (Fsp3) is 0.158. The maximum atomic E-state index is 10.5. The molecule has 2 aromatic rings. The molecule has 0 fully saturated rings. The molecule has 23 heavy (non-hydrogen) atoms. The molecule has 0 N–H and O–H groups in total. The second-order valence-electron chi connectivity index (χ2n) is 4.79. The van der Waals surface area contributed by atoms with Crippen molar-refractivity contribution in [3.8, 4) is 5.75 Å². The van der Waals surface area contributed by atoms with Crippen LogP contribution in [0.4, 0.5) is 5.69 Å². The smallest absolute Gasteiger partial charge is 0.213 e. The molecule has 120 valence electrons. The Labute approximate surface area is 137 Å². The molecule has 0 atom stereocenters. The number of nitrogens with zero attached hydrogens (tertiary/aromatic N) is 1. The lowest BCUT2D eigenvalue weighted by Gasteiger charge is -2.08. The molecule has 2 rings (SSSR count). The Morgan fingerprint density at radius 3 is 2.35 bits per heavy atom. The van der Waals surface area contributed by atoms with Gasteiger partial charge >= 0.3 is 0 Å². The molecule has 2 aromatic carbocycles. The van der Waals surface area contributed by atoms with E-state index in [0.717, 1.165) is 29.7 Å². The van der Waals surface area contributed by atoms with Crippen molar-refractivity contribution in [1.82, 2.24) is 0 Å². The number of carbonyl (C=O) groups is 2. The summed E-state index contributed by atoms with van der Waals surface area (Å²) < 4.78 is 5.30. The van der Waals surface area contributed by atoms with Gasteiger partial charge in [0.15, 0.2) is 0 Å². The maximum Gasteiger partial charge on any atom is 0.213 e. The molecule has 0 saturated heterocycles. The number of benzene rings is 2.